The number of rotatable bonds is 4. The monoisotopic (exact) mass is 308 g/mol. The third-order valence-corrected chi connectivity index (χ3v) is 4.79. The fourth-order valence-electron chi connectivity index (χ4n) is 3.53. The smallest absolute Gasteiger partial charge is 0.337 e. The molecule has 0 bridgehead atoms. The molecule has 0 atom stereocenters. The second-order valence-corrected chi connectivity index (χ2v) is 6.05. The first-order chi connectivity index (χ1) is 11.2. The van der Waals surface area contributed by atoms with Gasteiger partial charge in [0.05, 0.1) is 18.1 Å². The number of ether oxygens (including phenoxy) is 1. The van der Waals surface area contributed by atoms with Crippen molar-refractivity contribution in [2.24, 2.45) is 0 Å². The molecule has 0 aromatic heterocycles. The first-order valence-corrected chi connectivity index (χ1v) is 7.96. The lowest BCUT2D eigenvalue weighted by molar-refractivity contribution is 0.0600. The van der Waals surface area contributed by atoms with E-state index in [4.69, 9.17) is 4.74 Å². The molecule has 0 aliphatic heterocycles. The summed E-state index contributed by atoms with van der Waals surface area (Å²) in [5.41, 5.74) is 1.79. The maximum atomic E-state index is 13.2. The summed E-state index contributed by atoms with van der Waals surface area (Å²) < 4.78 is 4.70. The molecule has 0 unspecified atom stereocenters. The number of hydrogen-bond donors (Lipinski definition) is 0. The van der Waals surface area contributed by atoms with Gasteiger partial charge in [-0.2, -0.15) is 0 Å². The van der Waals surface area contributed by atoms with Crippen LogP contribution in [-0.2, 0) is 10.2 Å². The molecule has 1 aliphatic rings. The SMILES string of the molecule is COC(=O)c1ccc(C(=O)C2(c3ccccc3)CCCC2)cc1. The van der Waals surface area contributed by atoms with Gasteiger partial charge in [0.15, 0.2) is 5.78 Å². The molecule has 0 spiro atoms. The third kappa shape index (κ3) is 2.79. The fourth-order valence-corrected chi connectivity index (χ4v) is 3.53. The minimum atomic E-state index is -0.423. The molecule has 0 amide bonds. The van der Waals surface area contributed by atoms with Crippen LogP contribution < -0.4 is 0 Å². The molecular weight excluding hydrogens is 288 g/mol. The number of carbonyl (C=O) groups excluding carboxylic acids is 2. The van der Waals surface area contributed by atoms with E-state index in [1.807, 2.05) is 30.3 Å². The Labute approximate surface area is 136 Å². The van der Waals surface area contributed by atoms with Gasteiger partial charge in [-0.1, -0.05) is 55.3 Å². The van der Waals surface area contributed by atoms with Crippen molar-refractivity contribution >= 4 is 11.8 Å². The third-order valence-electron chi connectivity index (χ3n) is 4.79. The Balaban J connectivity index is 1.95. The number of carbonyl (C=O) groups is 2. The van der Waals surface area contributed by atoms with Gasteiger partial charge in [-0.25, -0.2) is 4.79 Å². The number of methoxy groups -OCH3 is 1. The van der Waals surface area contributed by atoms with E-state index in [1.54, 1.807) is 24.3 Å². The molecule has 2 aromatic rings. The summed E-state index contributed by atoms with van der Waals surface area (Å²) in [5.74, 6) is -0.236. The lowest BCUT2D eigenvalue weighted by atomic mass is 9.73. The van der Waals surface area contributed by atoms with Crippen molar-refractivity contribution in [2.45, 2.75) is 31.1 Å². The summed E-state index contributed by atoms with van der Waals surface area (Å²) in [7, 11) is 1.35. The van der Waals surface area contributed by atoms with Gasteiger partial charge >= 0.3 is 5.97 Å². The molecule has 118 valence electrons. The highest BCUT2D eigenvalue weighted by atomic mass is 16.5. The van der Waals surface area contributed by atoms with Crippen molar-refractivity contribution in [1.29, 1.82) is 0 Å². The van der Waals surface area contributed by atoms with Gasteiger partial charge in [-0.05, 0) is 30.5 Å². The zero-order valence-electron chi connectivity index (χ0n) is 13.2. The molecule has 1 saturated carbocycles. The van der Waals surface area contributed by atoms with Crippen LogP contribution >= 0.6 is 0 Å². The number of Topliss-reactive ketones (excluding diaryl/α,β-unsaturated/α-hetero) is 1. The quantitative estimate of drug-likeness (QED) is 0.629. The molecule has 3 heteroatoms. The standard InChI is InChI=1S/C20H20O3/c1-23-19(22)16-11-9-15(10-12-16)18(21)20(13-5-6-14-20)17-7-3-2-4-8-17/h2-4,7-12H,5-6,13-14H2,1H3. The zero-order valence-corrected chi connectivity index (χ0v) is 13.2. The van der Waals surface area contributed by atoms with Crippen LogP contribution in [0.5, 0.6) is 0 Å². The van der Waals surface area contributed by atoms with Crippen molar-refractivity contribution < 1.29 is 14.3 Å². The van der Waals surface area contributed by atoms with Crippen molar-refractivity contribution in [3.8, 4) is 0 Å². The lowest BCUT2D eigenvalue weighted by Gasteiger charge is -2.28. The Hall–Kier alpha value is -2.42. The average Bonchev–Trinajstić information content (AvgIpc) is 3.12. The summed E-state index contributed by atoms with van der Waals surface area (Å²) in [5, 5.41) is 0. The molecular formula is C20H20O3. The number of hydrogen-bond acceptors (Lipinski definition) is 3. The normalized spacial score (nSPS) is 16.0. The summed E-state index contributed by atoms with van der Waals surface area (Å²) >= 11 is 0. The van der Waals surface area contributed by atoms with E-state index in [0.29, 0.717) is 11.1 Å². The van der Waals surface area contributed by atoms with Crippen molar-refractivity contribution in [2.75, 3.05) is 7.11 Å². The topological polar surface area (TPSA) is 43.4 Å². The zero-order chi connectivity index (χ0) is 16.3. The lowest BCUT2D eigenvalue weighted by Crippen LogP contribution is -2.33. The molecule has 3 nitrogen and oxygen atoms in total. The summed E-state index contributed by atoms with van der Waals surface area (Å²) in [4.78, 5) is 24.7. The van der Waals surface area contributed by atoms with E-state index in [2.05, 4.69) is 0 Å². The van der Waals surface area contributed by atoms with Gasteiger partial charge in [0.25, 0.3) is 0 Å². The predicted octanol–water partition coefficient (Wildman–Crippen LogP) is 4.17. The highest BCUT2D eigenvalue weighted by Gasteiger charge is 2.42. The van der Waals surface area contributed by atoms with Gasteiger partial charge in [-0.3, -0.25) is 4.79 Å². The largest absolute Gasteiger partial charge is 0.465 e. The Morgan fingerprint density at radius 1 is 0.870 bits per heavy atom. The predicted molar refractivity (Wildman–Crippen MR) is 88.7 cm³/mol. The van der Waals surface area contributed by atoms with Gasteiger partial charge in [0, 0.05) is 5.56 Å². The van der Waals surface area contributed by atoms with Crippen LogP contribution in [0.15, 0.2) is 54.6 Å². The van der Waals surface area contributed by atoms with Crippen LogP contribution in [0.4, 0.5) is 0 Å². The second kappa shape index (κ2) is 6.37. The average molecular weight is 308 g/mol. The Bertz CT molecular complexity index is 695. The van der Waals surface area contributed by atoms with E-state index in [0.717, 1.165) is 31.2 Å². The van der Waals surface area contributed by atoms with Crippen LogP contribution in [0.3, 0.4) is 0 Å². The van der Waals surface area contributed by atoms with Gasteiger partial charge in [0.1, 0.15) is 0 Å². The molecule has 0 N–H and O–H groups in total. The Morgan fingerprint density at radius 2 is 1.43 bits per heavy atom. The highest BCUT2D eigenvalue weighted by Crippen LogP contribution is 2.43. The molecule has 0 radical (unpaired) electrons. The number of benzene rings is 2. The maximum absolute atomic E-state index is 13.2. The van der Waals surface area contributed by atoms with Crippen molar-refractivity contribution in [1.82, 2.24) is 0 Å². The van der Waals surface area contributed by atoms with E-state index >= 15 is 0 Å². The van der Waals surface area contributed by atoms with Crippen molar-refractivity contribution in [3.63, 3.8) is 0 Å². The number of ketones is 1. The second-order valence-electron chi connectivity index (χ2n) is 6.05. The van der Waals surface area contributed by atoms with E-state index in [1.165, 1.54) is 7.11 Å². The Morgan fingerprint density at radius 3 is 2.00 bits per heavy atom. The first-order valence-electron chi connectivity index (χ1n) is 7.96. The summed E-state index contributed by atoms with van der Waals surface area (Å²) in [6, 6.07) is 16.8. The number of esters is 1. The highest BCUT2D eigenvalue weighted by molar-refractivity contribution is 6.05. The molecule has 23 heavy (non-hydrogen) atoms. The molecule has 1 fully saturated rings. The fraction of sp³-hybridized carbons (Fsp3) is 0.300. The first kappa shape index (κ1) is 15.5. The molecule has 3 rings (SSSR count). The molecule has 2 aromatic carbocycles. The maximum Gasteiger partial charge on any atom is 0.337 e. The van der Waals surface area contributed by atoms with Crippen molar-refractivity contribution in [3.05, 3.63) is 71.3 Å². The molecule has 1 aliphatic carbocycles. The van der Waals surface area contributed by atoms with E-state index < -0.39 is 5.41 Å². The van der Waals surface area contributed by atoms with Gasteiger partial charge in [0.2, 0.25) is 0 Å². The van der Waals surface area contributed by atoms with Crippen LogP contribution in [0.1, 0.15) is 52.0 Å². The summed E-state index contributed by atoms with van der Waals surface area (Å²) in [6.45, 7) is 0. The van der Waals surface area contributed by atoms with Crippen LogP contribution in [0.2, 0.25) is 0 Å². The van der Waals surface area contributed by atoms with Crippen LogP contribution in [-0.4, -0.2) is 18.9 Å². The molecule has 0 heterocycles. The molecule has 0 saturated heterocycles. The van der Waals surface area contributed by atoms with E-state index in [9.17, 15) is 9.59 Å². The van der Waals surface area contributed by atoms with Crippen LogP contribution in [0, 0.1) is 0 Å². The Kier molecular flexibility index (Phi) is 4.28. The van der Waals surface area contributed by atoms with Gasteiger partial charge < -0.3 is 4.74 Å². The summed E-state index contributed by atoms with van der Waals surface area (Å²) in [6.07, 6.45) is 3.91. The van der Waals surface area contributed by atoms with Crippen LogP contribution in [0.25, 0.3) is 0 Å². The van der Waals surface area contributed by atoms with E-state index in [-0.39, 0.29) is 11.8 Å². The minimum Gasteiger partial charge on any atom is -0.465 e. The minimum absolute atomic E-state index is 0.151. The van der Waals surface area contributed by atoms with Gasteiger partial charge in [-0.15, -0.1) is 0 Å².